The van der Waals surface area contributed by atoms with Crippen LogP contribution in [0, 0.1) is 0 Å². The van der Waals surface area contributed by atoms with E-state index in [9.17, 15) is 0 Å². The van der Waals surface area contributed by atoms with E-state index in [4.69, 9.17) is 27.9 Å². The van der Waals surface area contributed by atoms with Crippen LogP contribution < -0.4 is 4.74 Å². The van der Waals surface area contributed by atoms with Gasteiger partial charge in [0.25, 0.3) is 0 Å². The second-order valence-corrected chi connectivity index (χ2v) is 5.93. The van der Waals surface area contributed by atoms with Crippen molar-refractivity contribution in [2.75, 3.05) is 0 Å². The van der Waals surface area contributed by atoms with Crippen molar-refractivity contribution >= 4 is 34.7 Å². The Morgan fingerprint density at radius 1 is 1.05 bits per heavy atom. The fourth-order valence-electron chi connectivity index (χ4n) is 1.80. The number of benzene rings is 2. The number of hydrogen-bond donors (Lipinski definition) is 0. The molecular weight excluding hydrogens is 327 g/mol. The molecule has 0 unspecified atom stereocenters. The Morgan fingerprint density at radius 2 is 1.86 bits per heavy atom. The average Bonchev–Trinajstić information content (AvgIpc) is 3.01. The summed E-state index contributed by atoms with van der Waals surface area (Å²) >= 11 is 13.3. The Labute approximate surface area is 136 Å². The van der Waals surface area contributed by atoms with Crippen LogP contribution in [0.5, 0.6) is 5.75 Å². The first kappa shape index (κ1) is 14.3. The summed E-state index contributed by atoms with van der Waals surface area (Å²) < 4.78 is 9.69. The zero-order valence-electron chi connectivity index (χ0n) is 10.8. The number of nitrogens with zero attached hydrogens (tertiary/aromatic N) is 2. The first-order valence-corrected chi connectivity index (χ1v) is 7.69. The summed E-state index contributed by atoms with van der Waals surface area (Å²) in [5.41, 5.74) is 2.10. The van der Waals surface area contributed by atoms with Crippen molar-refractivity contribution in [2.24, 2.45) is 0 Å². The van der Waals surface area contributed by atoms with E-state index in [0.29, 0.717) is 22.4 Å². The van der Waals surface area contributed by atoms with Crippen LogP contribution in [-0.4, -0.2) is 9.36 Å². The maximum atomic E-state index is 6.07. The molecule has 21 heavy (non-hydrogen) atoms. The standard InChI is InChI=1S/C15H10Cl2N2OS/c16-12-5-6-14(13(17)7-12)20-8-10-1-3-11(4-2-10)15-18-9-19-21-15/h1-7,9H,8H2. The van der Waals surface area contributed by atoms with Gasteiger partial charge >= 0.3 is 0 Å². The Morgan fingerprint density at radius 3 is 2.52 bits per heavy atom. The smallest absolute Gasteiger partial charge is 0.143 e. The summed E-state index contributed by atoms with van der Waals surface area (Å²) in [6.07, 6.45) is 1.56. The van der Waals surface area contributed by atoms with E-state index in [-0.39, 0.29) is 0 Å². The van der Waals surface area contributed by atoms with Crippen LogP contribution in [0.25, 0.3) is 10.6 Å². The third-order valence-electron chi connectivity index (χ3n) is 2.85. The fraction of sp³-hybridized carbons (Fsp3) is 0.0667. The van der Waals surface area contributed by atoms with E-state index in [2.05, 4.69) is 9.36 Å². The van der Waals surface area contributed by atoms with Gasteiger partial charge in [0.2, 0.25) is 0 Å². The van der Waals surface area contributed by atoms with Gasteiger partial charge in [0, 0.05) is 10.6 Å². The van der Waals surface area contributed by atoms with Crippen molar-refractivity contribution in [3.63, 3.8) is 0 Å². The van der Waals surface area contributed by atoms with Gasteiger partial charge in [0.05, 0.1) is 5.02 Å². The van der Waals surface area contributed by atoms with E-state index < -0.39 is 0 Å². The maximum Gasteiger partial charge on any atom is 0.143 e. The lowest BCUT2D eigenvalue weighted by Crippen LogP contribution is -1.95. The van der Waals surface area contributed by atoms with Gasteiger partial charge in [-0.1, -0.05) is 47.5 Å². The quantitative estimate of drug-likeness (QED) is 0.665. The van der Waals surface area contributed by atoms with Gasteiger partial charge in [0.15, 0.2) is 0 Å². The molecule has 1 heterocycles. The summed E-state index contributed by atoms with van der Waals surface area (Å²) in [6.45, 7) is 0.442. The number of halogens is 2. The molecule has 0 radical (unpaired) electrons. The predicted molar refractivity (Wildman–Crippen MR) is 86.1 cm³/mol. The van der Waals surface area contributed by atoms with Gasteiger partial charge in [-0.05, 0) is 35.3 Å². The minimum Gasteiger partial charge on any atom is -0.487 e. The molecule has 0 amide bonds. The van der Waals surface area contributed by atoms with Crippen molar-refractivity contribution in [3.05, 3.63) is 64.4 Å². The molecule has 106 valence electrons. The molecule has 3 rings (SSSR count). The number of aromatic nitrogens is 2. The average molecular weight is 337 g/mol. The van der Waals surface area contributed by atoms with E-state index in [1.54, 1.807) is 24.5 Å². The van der Waals surface area contributed by atoms with Crippen LogP contribution in [-0.2, 0) is 6.61 Å². The summed E-state index contributed by atoms with van der Waals surface area (Å²) in [7, 11) is 0. The molecule has 0 spiro atoms. The molecule has 0 aliphatic carbocycles. The highest BCUT2D eigenvalue weighted by molar-refractivity contribution is 7.09. The van der Waals surface area contributed by atoms with Gasteiger partial charge < -0.3 is 4.74 Å². The summed E-state index contributed by atoms with van der Waals surface area (Å²) in [5, 5.41) is 2.00. The predicted octanol–water partition coefficient (Wildman–Crippen LogP) is 5.09. The van der Waals surface area contributed by atoms with E-state index in [1.165, 1.54) is 11.5 Å². The van der Waals surface area contributed by atoms with E-state index in [1.807, 2.05) is 24.3 Å². The molecule has 0 aliphatic rings. The monoisotopic (exact) mass is 336 g/mol. The number of rotatable bonds is 4. The molecule has 0 saturated carbocycles. The van der Waals surface area contributed by atoms with Crippen molar-refractivity contribution in [1.82, 2.24) is 9.36 Å². The first-order valence-electron chi connectivity index (χ1n) is 6.16. The van der Waals surface area contributed by atoms with Crippen LogP contribution in [0.3, 0.4) is 0 Å². The van der Waals surface area contributed by atoms with Gasteiger partial charge in [-0.15, -0.1) is 0 Å². The minimum absolute atomic E-state index is 0.442. The lowest BCUT2D eigenvalue weighted by molar-refractivity contribution is 0.306. The van der Waals surface area contributed by atoms with Crippen LogP contribution >= 0.6 is 34.7 Å². The largest absolute Gasteiger partial charge is 0.487 e. The lowest BCUT2D eigenvalue weighted by atomic mass is 10.1. The van der Waals surface area contributed by atoms with Crippen molar-refractivity contribution in [2.45, 2.75) is 6.61 Å². The molecular formula is C15H10Cl2N2OS. The molecule has 0 bridgehead atoms. The summed E-state index contributed by atoms with van der Waals surface area (Å²) in [4.78, 5) is 4.18. The molecule has 3 aromatic rings. The van der Waals surface area contributed by atoms with Crippen molar-refractivity contribution < 1.29 is 4.74 Å². The Hall–Kier alpha value is -1.62. The molecule has 0 aliphatic heterocycles. The topological polar surface area (TPSA) is 35.0 Å². The SMILES string of the molecule is Clc1ccc(OCc2ccc(-c3ncns3)cc2)c(Cl)c1. The maximum absolute atomic E-state index is 6.07. The van der Waals surface area contributed by atoms with Crippen LogP contribution in [0.1, 0.15) is 5.56 Å². The molecule has 0 saturated heterocycles. The molecule has 1 aromatic heterocycles. The fourth-order valence-corrected chi connectivity index (χ4v) is 2.79. The highest BCUT2D eigenvalue weighted by atomic mass is 35.5. The lowest BCUT2D eigenvalue weighted by Gasteiger charge is -2.08. The summed E-state index contributed by atoms with van der Waals surface area (Å²) in [6, 6.07) is 13.2. The van der Waals surface area contributed by atoms with Gasteiger partial charge in [-0.2, -0.15) is 4.37 Å². The van der Waals surface area contributed by atoms with Crippen molar-refractivity contribution in [3.8, 4) is 16.3 Å². The van der Waals surface area contributed by atoms with Crippen LogP contribution in [0.15, 0.2) is 48.8 Å². The zero-order chi connectivity index (χ0) is 14.7. The normalized spacial score (nSPS) is 10.6. The third kappa shape index (κ3) is 3.53. The molecule has 0 N–H and O–H groups in total. The van der Waals surface area contributed by atoms with E-state index in [0.717, 1.165) is 16.1 Å². The second-order valence-electron chi connectivity index (χ2n) is 4.31. The number of hydrogen-bond acceptors (Lipinski definition) is 4. The molecule has 3 nitrogen and oxygen atoms in total. The molecule has 2 aromatic carbocycles. The minimum atomic E-state index is 0.442. The highest BCUT2D eigenvalue weighted by Gasteiger charge is 2.04. The Bertz CT molecular complexity index is 730. The van der Waals surface area contributed by atoms with E-state index >= 15 is 0 Å². The highest BCUT2D eigenvalue weighted by Crippen LogP contribution is 2.28. The third-order valence-corrected chi connectivity index (χ3v) is 4.09. The zero-order valence-corrected chi connectivity index (χ0v) is 13.1. The second kappa shape index (κ2) is 6.43. The van der Waals surface area contributed by atoms with Crippen LogP contribution in [0.2, 0.25) is 10.0 Å². The summed E-state index contributed by atoms with van der Waals surface area (Å²) in [5.74, 6) is 0.620. The van der Waals surface area contributed by atoms with Gasteiger partial charge in [-0.3, -0.25) is 0 Å². The Balaban J connectivity index is 1.68. The van der Waals surface area contributed by atoms with Crippen LogP contribution in [0.4, 0.5) is 0 Å². The first-order chi connectivity index (χ1) is 10.2. The van der Waals surface area contributed by atoms with Gasteiger partial charge in [-0.25, -0.2) is 4.98 Å². The molecule has 0 fully saturated rings. The number of ether oxygens (including phenoxy) is 1. The molecule has 6 heteroatoms. The Kier molecular flexibility index (Phi) is 4.39. The molecule has 0 atom stereocenters. The van der Waals surface area contributed by atoms with Gasteiger partial charge in [0.1, 0.15) is 23.7 Å². The van der Waals surface area contributed by atoms with Crippen molar-refractivity contribution in [1.29, 1.82) is 0 Å².